The van der Waals surface area contributed by atoms with Gasteiger partial charge in [-0.05, 0) is 55.5 Å². The Morgan fingerprint density at radius 3 is 2.48 bits per heavy atom. The minimum absolute atomic E-state index is 0.0865. The number of nitrogens with one attached hydrogen (secondary N) is 2. The summed E-state index contributed by atoms with van der Waals surface area (Å²) in [6.07, 6.45) is 5.48. The minimum Gasteiger partial charge on any atom is -0.467 e. The number of thiophene rings is 1. The molecule has 1 aliphatic rings. The topological polar surface area (TPSA) is 91.7 Å². The van der Waals surface area contributed by atoms with E-state index in [1.165, 1.54) is 22.5 Å². The van der Waals surface area contributed by atoms with Crippen molar-refractivity contribution < 1.29 is 18.8 Å². The van der Waals surface area contributed by atoms with Crippen molar-refractivity contribution in [3.8, 4) is 0 Å². The van der Waals surface area contributed by atoms with Gasteiger partial charge in [0.25, 0.3) is 11.8 Å². The third-order valence-electron chi connectivity index (χ3n) is 5.75. The third-order valence-corrected chi connectivity index (χ3v) is 6.62. The van der Waals surface area contributed by atoms with Gasteiger partial charge in [0.15, 0.2) is 6.04 Å². The molecule has 1 saturated carbocycles. The van der Waals surface area contributed by atoms with Crippen molar-refractivity contribution in [3.05, 3.63) is 76.4 Å². The van der Waals surface area contributed by atoms with Gasteiger partial charge < -0.3 is 15.1 Å². The number of nitrogens with zero attached hydrogens (tertiary/aromatic N) is 1. The van der Waals surface area contributed by atoms with Gasteiger partial charge >= 0.3 is 0 Å². The summed E-state index contributed by atoms with van der Waals surface area (Å²) in [4.78, 5) is 41.3. The maximum Gasteiger partial charge on any atom is 0.261 e. The first kappa shape index (κ1) is 22.8. The predicted molar refractivity (Wildman–Crippen MR) is 127 cm³/mol. The van der Waals surface area contributed by atoms with Gasteiger partial charge in [-0.25, -0.2) is 0 Å². The predicted octanol–water partition coefficient (Wildman–Crippen LogP) is 4.21. The molecule has 1 atom stereocenters. The first-order valence-corrected chi connectivity index (χ1v) is 11.9. The SMILES string of the molecule is Cc1ccc(N(C(=O)CNC(=O)c2cccs2)[C@@H](C(=O)NC2CCCC2)c2ccco2)cc1. The Balaban J connectivity index is 1.63. The van der Waals surface area contributed by atoms with Gasteiger partial charge in [-0.3, -0.25) is 19.3 Å². The Labute approximate surface area is 196 Å². The second kappa shape index (κ2) is 10.5. The van der Waals surface area contributed by atoms with Crippen LogP contribution in [-0.2, 0) is 9.59 Å². The fourth-order valence-corrected chi connectivity index (χ4v) is 4.69. The molecule has 0 aliphatic heterocycles. The minimum atomic E-state index is -0.991. The van der Waals surface area contributed by atoms with E-state index in [1.54, 1.807) is 41.8 Å². The van der Waals surface area contributed by atoms with Crippen molar-refractivity contribution >= 4 is 34.7 Å². The number of carbonyl (C=O) groups is 3. The van der Waals surface area contributed by atoms with E-state index in [-0.39, 0.29) is 24.4 Å². The highest BCUT2D eigenvalue weighted by atomic mass is 32.1. The van der Waals surface area contributed by atoms with Crippen molar-refractivity contribution in [1.29, 1.82) is 0 Å². The molecule has 1 aromatic carbocycles. The summed E-state index contributed by atoms with van der Waals surface area (Å²) in [5.74, 6) is -0.668. The standard InChI is InChI=1S/C25H27N3O4S/c1-17-10-12-19(13-11-17)28(22(29)16-26-24(30)21-9-5-15-33-21)23(20-8-4-14-32-20)25(31)27-18-6-2-3-7-18/h4-5,8-15,18,23H,2-3,6-7,16H2,1H3,(H,26,30)(H,27,31)/t23-/m1/s1. The summed E-state index contributed by atoms with van der Waals surface area (Å²) in [7, 11) is 0. The molecule has 2 N–H and O–H groups in total. The van der Waals surface area contributed by atoms with Gasteiger partial charge in [0.2, 0.25) is 5.91 Å². The lowest BCUT2D eigenvalue weighted by molar-refractivity contribution is -0.127. The largest absolute Gasteiger partial charge is 0.467 e. The lowest BCUT2D eigenvalue weighted by Crippen LogP contribution is -2.49. The van der Waals surface area contributed by atoms with Crippen LogP contribution in [0, 0.1) is 6.92 Å². The molecular weight excluding hydrogens is 438 g/mol. The second-order valence-corrected chi connectivity index (χ2v) is 9.11. The van der Waals surface area contributed by atoms with Crippen molar-refractivity contribution in [2.24, 2.45) is 0 Å². The quantitative estimate of drug-likeness (QED) is 0.521. The van der Waals surface area contributed by atoms with Crippen molar-refractivity contribution in [2.75, 3.05) is 11.4 Å². The van der Waals surface area contributed by atoms with E-state index in [0.29, 0.717) is 16.3 Å². The lowest BCUT2D eigenvalue weighted by Gasteiger charge is -2.31. The second-order valence-electron chi connectivity index (χ2n) is 8.17. The summed E-state index contributed by atoms with van der Waals surface area (Å²) in [5.41, 5.74) is 1.58. The molecule has 4 rings (SSSR count). The van der Waals surface area contributed by atoms with Gasteiger partial charge in [-0.1, -0.05) is 36.6 Å². The normalized spacial score (nSPS) is 14.6. The van der Waals surface area contributed by atoms with Crippen LogP contribution < -0.4 is 15.5 Å². The highest BCUT2D eigenvalue weighted by Gasteiger charge is 2.36. The summed E-state index contributed by atoms with van der Waals surface area (Å²) < 4.78 is 5.60. The zero-order valence-electron chi connectivity index (χ0n) is 18.5. The highest BCUT2D eigenvalue weighted by molar-refractivity contribution is 7.12. The maximum absolute atomic E-state index is 13.5. The lowest BCUT2D eigenvalue weighted by atomic mass is 10.1. The van der Waals surface area contributed by atoms with Crippen molar-refractivity contribution in [1.82, 2.24) is 10.6 Å². The molecule has 0 radical (unpaired) electrons. The number of furan rings is 1. The first-order valence-electron chi connectivity index (χ1n) is 11.1. The number of rotatable bonds is 8. The Morgan fingerprint density at radius 1 is 1.09 bits per heavy atom. The molecule has 0 spiro atoms. The molecule has 33 heavy (non-hydrogen) atoms. The Hall–Kier alpha value is -3.39. The first-order chi connectivity index (χ1) is 16.0. The number of anilines is 1. The third kappa shape index (κ3) is 5.51. The molecule has 172 valence electrons. The Kier molecular flexibility index (Phi) is 7.24. The fourth-order valence-electron chi connectivity index (χ4n) is 4.05. The van der Waals surface area contributed by atoms with Gasteiger partial charge in [0.05, 0.1) is 17.7 Å². The fraction of sp³-hybridized carbons (Fsp3) is 0.320. The van der Waals surface area contributed by atoms with Crippen LogP contribution in [0.1, 0.15) is 52.7 Å². The van der Waals surface area contributed by atoms with E-state index < -0.39 is 11.9 Å². The molecule has 3 amide bonds. The van der Waals surface area contributed by atoms with E-state index >= 15 is 0 Å². The number of aryl methyl sites for hydroxylation is 1. The van der Waals surface area contributed by atoms with Gasteiger partial charge in [-0.15, -0.1) is 11.3 Å². The monoisotopic (exact) mass is 465 g/mol. The Bertz CT molecular complexity index is 1070. The number of hydrogen-bond acceptors (Lipinski definition) is 5. The average molecular weight is 466 g/mol. The number of carbonyl (C=O) groups excluding carboxylic acids is 3. The molecule has 2 aromatic heterocycles. The van der Waals surface area contributed by atoms with E-state index in [1.807, 2.05) is 19.1 Å². The zero-order valence-corrected chi connectivity index (χ0v) is 19.3. The molecule has 2 heterocycles. The van der Waals surface area contributed by atoms with Crippen LogP contribution in [0.4, 0.5) is 5.69 Å². The average Bonchev–Trinajstić information content (AvgIpc) is 3.60. The molecular formula is C25H27N3O4S. The van der Waals surface area contributed by atoms with Gasteiger partial charge in [0, 0.05) is 11.7 Å². The smallest absolute Gasteiger partial charge is 0.261 e. The van der Waals surface area contributed by atoms with Crippen LogP contribution in [0.3, 0.4) is 0 Å². The number of benzene rings is 1. The number of hydrogen-bond donors (Lipinski definition) is 2. The van der Waals surface area contributed by atoms with E-state index in [2.05, 4.69) is 10.6 Å². The highest BCUT2D eigenvalue weighted by Crippen LogP contribution is 2.30. The van der Waals surface area contributed by atoms with E-state index in [4.69, 9.17) is 4.42 Å². The van der Waals surface area contributed by atoms with Crippen LogP contribution in [0.2, 0.25) is 0 Å². The van der Waals surface area contributed by atoms with Crippen LogP contribution in [0.15, 0.2) is 64.6 Å². The van der Waals surface area contributed by atoms with Gasteiger partial charge in [-0.2, -0.15) is 0 Å². The molecule has 3 aromatic rings. The van der Waals surface area contributed by atoms with Crippen LogP contribution in [0.25, 0.3) is 0 Å². The maximum atomic E-state index is 13.5. The summed E-state index contributed by atoms with van der Waals surface area (Å²) in [6, 6.07) is 13.3. The van der Waals surface area contributed by atoms with E-state index in [0.717, 1.165) is 31.2 Å². The molecule has 8 heteroatoms. The molecule has 7 nitrogen and oxygen atoms in total. The summed E-state index contributed by atoms with van der Waals surface area (Å²) in [5, 5.41) is 7.57. The van der Waals surface area contributed by atoms with Crippen molar-refractivity contribution in [2.45, 2.75) is 44.7 Å². The number of amides is 3. The summed E-state index contributed by atoms with van der Waals surface area (Å²) >= 11 is 1.30. The molecule has 1 aliphatic carbocycles. The molecule has 0 bridgehead atoms. The molecule has 1 fully saturated rings. The molecule has 0 unspecified atom stereocenters. The van der Waals surface area contributed by atoms with Crippen LogP contribution in [-0.4, -0.2) is 30.3 Å². The Morgan fingerprint density at radius 2 is 1.85 bits per heavy atom. The van der Waals surface area contributed by atoms with Gasteiger partial charge in [0.1, 0.15) is 5.76 Å². The van der Waals surface area contributed by atoms with Crippen molar-refractivity contribution in [3.63, 3.8) is 0 Å². The van der Waals surface area contributed by atoms with Crippen LogP contribution in [0.5, 0.6) is 0 Å². The van der Waals surface area contributed by atoms with Crippen LogP contribution >= 0.6 is 11.3 Å². The van der Waals surface area contributed by atoms with E-state index in [9.17, 15) is 14.4 Å². The molecule has 0 saturated heterocycles. The summed E-state index contributed by atoms with van der Waals surface area (Å²) in [6.45, 7) is 1.70. The zero-order chi connectivity index (χ0) is 23.2.